The second kappa shape index (κ2) is 4.62. The quantitative estimate of drug-likeness (QED) is 0.841. The lowest BCUT2D eigenvalue weighted by atomic mass is 10.1. The molecule has 0 aliphatic rings. The summed E-state index contributed by atoms with van der Waals surface area (Å²) in [6.45, 7) is 7.43. The standard InChI is InChI=1S/C10H16N6O/c1-10(2,3)16-6-8(13-15-16)4-11-5-9-12-7-17-14-9/h6-7,11H,4-5H2,1-3H3. The molecule has 0 amide bonds. The zero-order chi connectivity index (χ0) is 12.3. The molecule has 0 bridgehead atoms. The molecule has 0 fully saturated rings. The van der Waals surface area contributed by atoms with Gasteiger partial charge < -0.3 is 9.84 Å². The number of nitrogens with zero attached hydrogens (tertiary/aromatic N) is 5. The number of rotatable bonds is 4. The Morgan fingerprint density at radius 3 is 2.76 bits per heavy atom. The van der Waals surface area contributed by atoms with Gasteiger partial charge in [0.15, 0.2) is 5.82 Å². The molecule has 0 saturated heterocycles. The monoisotopic (exact) mass is 236 g/mol. The van der Waals surface area contributed by atoms with E-state index in [1.165, 1.54) is 6.39 Å². The molecule has 7 heteroatoms. The van der Waals surface area contributed by atoms with Crippen LogP contribution in [0, 0.1) is 0 Å². The summed E-state index contributed by atoms with van der Waals surface area (Å²) < 4.78 is 6.48. The van der Waals surface area contributed by atoms with Gasteiger partial charge in [-0.25, -0.2) is 4.68 Å². The third-order valence-electron chi connectivity index (χ3n) is 2.22. The Balaban J connectivity index is 1.85. The van der Waals surface area contributed by atoms with E-state index in [1.807, 2.05) is 10.9 Å². The van der Waals surface area contributed by atoms with Gasteiger partial charge in [0, 0.05) is 6.54 Å². The molecule has 2 rings (SSSR count). The van der Waals surface area contributed by atoms with Crippen LogP contribution in [0.2, 0.25) is 0 Å². The molecule has 0 spiro atoms. The van der Waals surface area contributed by atoms with Crippen LogP contribution in [0.15, 0.2) is 17.1 Å². The number of hydrogen-bond donors (Lipinski definition) is 1. The predicted molar refractivity (Wildman–Crippen MR) is 59.9 cm³/mol. The summed E-state index contributed by atoms with van der Waals surface area (Å²) in [5.41, 5.74) is 0.849. The first-order valence-electron chi connectivity index (χ1n) is 5.43. The lowest BCUT2D eigenvalue weighted by Gasteiger charge is -2.17. The fourth-order valence-electron chi connectivity index (χ4n) is 1.28. The van der Waals surface area contributed by atoms with Gasteiger partial charge in [-0.2, -0.15) is 4.98 Å². The topological polar surface area (TPSA) is 81.7 Å². The molecular formula is C10H16N6O. The summed E-state index contributed by atoms with van der Waals surface area (Å²) >= 11 is 0. The van der Waals surface area contributed by atoms with Gasteiger partial charge in [-0.3, -0.25) is 0 Å². The molecule has 2 heterocycles. The van der Waals surface area contributed by atoms with Crippen molar-refractivity contribution in [2.75, 3.05) is 0 Å². The predicted octanol–water partition coefficient (Wildman–Crippen LogP) is 0.706. The molecule has 0 atom stereocenters. The van der Waals surface area contributed by atoms with Crippen molar-refractivity contribution in [2.24, 2.45) is 0 Å². The highest BCUT2D eigenvalue weighted by molar-refractivity contribution is 4.94. The summed E-state index contributed by atoms with van der Waals surface area (Å²) in [6, 6.07) is 0. The molecule has 17 heavy (non-hydrogen) atoms. The van der Waals surface area contributed by atoms with Crippen molar-refractivity contribution in [1.82, 2.24) is 30.5 Å². The molecule has 0 radical (unpaired) electrons. The molecule has 1 N–H and O–H groups in total. The Hall–Kier alpha value is -1.76. The highest BCUT2D eigenvalue weighted by atomic mass is 16.5. The van der Waals surface area contributed by atoms with Crippen LogP contribution >= 0.6 is 0 Å². The van der Waals surface area contributed by atoms with Gasteiger partial charge in [0.2, 0.25) is 6.39 Å². The Morgan fingerprint density at radius 1 is 1.35 bits per heavy atom. The summed E-state index contributed by atoms with van der Waals surface area (Å²) in [6.07, 6.45) is 3.25. The molecule has 0 saturated carbocycles. The van der Waals surface area contributed by atoms with Crippen LogP contribution in [-0.2, 0) is 18.6 Å². The molecule has 7 nitrogen and oxygen atoms in total. The Kier molecular flexibility index (Phi) is 3.19. The SMILES string of the molecule is CC(C)(C)n1cc(CNCc2ncon2)nn1. The van der Waals surface area contributed by atoms with Crippen molar-refractivity contribution in [1.29, 1.82) is 0 Å². The summed E-state index contributed by atoms with van der Waals surface area (Å²) in [5, 5.41) is 15.0. The van der Waals surface area contributed by atoms with Gasteiger partial charge in [0.05, 0.1) is 24.0 Å². The Bertz CT molecular complexity index is 455. The van der Waals surface area contributed by atoms with Gasteiger partial charge in [0.25, 0.3) is 0 Å². The van der Waals surface area contributed by atoms with Crippen molar-refractivity contribution >= 4 is 0 Å². The largest absolute Gasteiger partial charge is 0.343 e. The first-order chi connectivity index (χ1) is 8.05. The van der Waals surface area contributed by atoms with Crippen LogP contribution < -0.4 is 5.32 Å². The maximum atomic E-state index is 4.63. The first kappa shape index (κ1) is 11.7. The Morgan fingerprint density at radius 2 is 2.18 bits per heavy atom. The molecule has 0 unspecified atom stereocenters. The van der Waals surface area contributed by atoms with E-state index in [0.717, 1.165) is 5.69 Å². The molecule has 2 aromatic heterocycles. The molecule has 2 aromatic rings. The third-order valence-corrected chi connectivity index (χ3v) is 2.22. The zero-order valence-electron chi connectivity index (χ0n) is 10.2. The highest BCUT2D eigenvalue weighted by Gasteiger charge is 2.14. The number of nitrogens with one attached hydrogen (secondary N) is 1. The van der Waals surface area contributed by atoms with E-state index in [4.69, 9.17) is 0 Å². The van der Waals surface area contributed by atoms with E-state index < -0.39 is 0 Å². The summed E-state index contributed by atoms with van der Waals surface area (Å²) in [4.78, 5) is 3.91. The fraction of sp³-hybridized carbons (Fsp3) is 0.600. The Labute approximate surface area is 99.2 Å². The molecule has 0 aliphatic carbocycles. The maximum Gasteiger partial charge on any atom is 0.213 e. The smallest absolute Gasteiger partial charge is 0.213 e. The average Bonchev–Trinajstić information content (AvgIpc) is 2.86. The summed E-state index contributed by atoms with van der Waals surface area (Å²) in [7, 11) is 0. The lowest BCUT2D eigenvalue weighted by Crippen LogP contribution is -2.22. The lowest BCUT2D eigenvalue weighted by molar-refractivity contribution is 0.347. The van der Waals surface area contributed by atoms with E-state index >= 15 is 0 Å². The van der Waals surface area contributed by atoms with Crippen molar-refractivity contribution < 1.29 is 4.52 Å². The number of aromatic nitrogens is 5. The normalized spacial score (nSPS) is 11.9. The van der Waals surface area contributed by atoms with Crippen molar-refractivity contribution in [3.63, 3.8) is 0 Å². The van der Waals surface area contributed by atoms with Crippen LogP contribution in [0.3, 0.4) is 0 Å². The van der Waals surface area contributed by atoms with Crippen LogP contribution in [0.1, 0.15) is 32.3 Å². The van der Waals surface area contributed by atoms with Crippen LogP contribution in [-0.4, -0.2) is 25.1 Å². The van der Waals surface area contributed by atoms with Gasteiger partial charge >= 0.3 is 0 Å². The van der Waals surface area contributed by atoms with E-state index in [-0.39, 0.29) is 5.54 Å². The second-order valence-corrected chi connectivity index (χ2v) is 4.78. The number of hydrogen-bond acceptors (Lipinski definition) is 6. The first-order valence-corrected chi connectivity index (χ1v) is 5.43. The van der Waals surface area contributed by atoms with Gasteiger partial charge in [0.1, 0.15) is 0 Å². The van der Waals surface area contributed by atoms with E-state index in [1.54, 1.807) is 0 Å². The van der Waals surface area contributed by atoms with Gasteiger partial charge in [-0.1, -0.05) is 10.4 Å². The molecule has 0 aliphatic heterocycles. The van der Waals surface area contributed by atoms with Crippen LogP contribution in [0.25, 0.3) is 0 Å². The van der Waals surface area contributed by atoms with Gasteiger partial charge in [-0.05, 0) is 20.8 Å². The van der Waals surface area contributed by atoms with E-state index in [2.05, 4.69) is 51.1 Å². The van der Waals surface area contributed by atoms with Crippen molar-refractivity contribution in [2.45, 2.75) is 39.4 Å². The zero-order valence-corrected chi connectivity index (χ0v) is 10.2. The highest BCUT2D eigenvalue weighted by Crippen LogP contribution is 2.11. The second-order valence-electron chi connectivity index (χ2n) is 4.78. The van der Waals surface area contributed by atoms with Crippen LogP contribution in [0.4, 0.5) is 0 Å². The van der Waals surface area contributed by atoms with Crippen molar-refractivity contribution in [3.05, 3.63) is 24.1 Å². The van der Waals surface area contributed by atoms with Crippen LogP contribution in [0.5, 0.6) is 0 Å². The third kappa shape index (κ3) is 3.10. The summed E-state index contributed by atoms with van der Waals surface area (Å²) in [5.74, 6) is 0.633. The van der Waals surface area contributed by atoms with E-state index in [9.17, 15) is 0 Å². The fourth-order valence-corrected chi connectivity index (χ4v) is 1.28. The molecule has 92 valence electrons. The van der Waals surface area contributed by atoms with Crippen molar-refractivity contribution in [3.8, 4) is 0 Å². The maximum absolute atomic E-state index is 4.63. The molecular weight excluding hydrogens is 220 g/mol. The van der Waals surface area contributed by atoms with Gasteiger partial charge in [-0.15, -0.1) is 5.10 Å². The minimum atomic E-state index is -0.0427. The average molecular weight is 236 g/mol. The molecule has 0 aromatic carbocycles. The minimum absolute atomic E-state index is 0.0427. The van der Waals surface area contributed by atoms with E-state index in [0.29, 0.717) is 18.9 Å². The minimum Gasteiger partial charge on any atom is -0.343 e.